The minimum atomic E-state index is -0.471. The van der Waals surface area contributed by atoms with Crippen molar-refractivity contribution in [1.29, 1.82) is 0 Å². The molecule has 3 rings (SSSR count). The molecule has 0 aliphatic carbocycles. The third-order valence-corrected chi connectivity index (χ3v) is 4.96. The number of ether oxygens (including phenoxy) is 2. The number of benzene rings is 2. The Kier molecular flexibility index (Phi) is 7.31. The summed E-state index contributed by atoms with van der Waals surface area (Å²) in [5.41, 5.74) is 2.18. The van der Waals surface area contributed by atoms with Crippen LogP contribution < -0.4 is 10.4 Å². The van der Waals surface area contributed by atoms with Crippen LogP contribution in [0.3, 0.4) is 0 Å². The van der Waals surface area contributed by atoms with E-state index >= 15 is 0 Å². The summed E-state index contributed by atoms with van der Waals surface area (Å²) >= 11 is 6.39. The maximum absolute atomic E-state index is 12.4. The van der Waals surface area contributed by atoms with Crippen LogP contribution in [-0.4, -0.2) is 19.2 Å². The Hall–Kier alpha value is -3.05. The summed E-state index contributed by atoms with van der Waals surface area (Å²) in [6.45, 7) is 4.19. The maximum Gasteiger partial charge on any atom is 0.339 e. The molecule has 0 saturated heterocycles. The molecular weight excluding hydrogens is 404 g/mol. The molecule has 0 unspecified atom stereocenters. The second-order valence-electron chi connectivity index (χ2n) is 6.70. The predicted octanol–water partition coefficient (Wildman–Crippen LogP) is 5.34. The van der Waals surface area contributed by atoms with Crippen LogP contribution in [0.15, 0.2) is 57.8 Å². The van der Waals surface area contributed by atoms with E-state index in [0.29, 0.717) is 40.5 Å². The van der Waals surface area contributed by atoms with Crippen molar-refractivity contribution in [3.8, 4) is 5.75 Å². The highest BCUT2D eigenvalue weighted by Gasteiger charge is 2.15. The first-order valence-corrected chi connectivity index (χ1v) is 10.1. The van der Waals surface area contributed by atoms with Gasteiger partial charge in [0.1, 0.15) is 17.9 Å². The van der Waals surface area contributed by atoms with Crippen LogP contribution in [0.5, 0.6) is 5.75 Å². The first kappa shape index (κ1) is 21.7. The smallest absolute Gasteiger partial charge is 0.339 e. The van der Waals surface area contributed by atoms with Crippen LogP contribution in [0, 0.1) is 6.92 Å². The number of halogens is 1. The van der Waals surface area contributed by atoms with E-state index in [0.717, 1.165) is 11.1 Å². The Morgan fingerprint density at radius 1 is 1.20 bits per heavy atom. The second-order valence-corrected chi connectivity index (χ2v) is 7.11. The molecule has 0 radical (unpaired) electrons. The molecule has 0 fully saturated rings. The van der Waals surface area contributed by atoms with Gasteiger partial charge in [-0.2, -0.15) is 0 Å². The normalized spacial score (nSPS) is 11.2. The number of hydrogen-bond donors (Lipinski definition) is 0. The van der Waals surface area contributed by atoms with E-state index in [9.17, 15) is 9.59 Å². The fraction of sp³-hybridized carbons (Fsp3) is 0.250. The summed E-state index contributed by atoms with van der Waals surface area (Å²) in [7, 11) is 0. The van der Waals surface area contributed by atoms with E-state index in [1.165, 1.54) is 0 Å². The number of fused-ring (bicyclic) bond motifs is 1. The lowest BCUT2D eigenvalue weighted by atomic mass is 10.0. The molecule has 3 aromatic rings. The van der Waals surface area contributed by atoms with E-state index in [4.69, 9.17) is 25.5 Å². The average molecular weight is 427 g/mol. The number of esters is 1. The predicted molar refractivity (Wildman–Crippen MR) is 118 cm³/mol. The van der Waals surface area contributed by atoms with E-state index in [-0.39, 0.29) is 18.8 Å². The minimum absolute atomic E-state index is 0.119. The lowest BCUT2D eigenvalue weighted by Crippen LogP contribution is -2.13. The van der Waals surface area contributed by atoms with Crippen molar-refractivity contribution < 1.29 is 18.7 Å². The summed E-state index contributed by atoms with van der Waals surface area (Å²) in [5.74, 6) is 0.0884. The lowest BCUT2D eigenvalue weighted by molar-refractivity contribution is -0.143. The number of hydrogen-bond acceptors (Lipinski definition) is 5. The van der Waals surface area contributed by atoms with E-state index < -0.39 is 5.63 Å². The third-order valence-electron chi connectivity index (χ3n) is 4.67. The first-order valence-electron chi connectivity index (χ1n) is 9.75. The van der Waals surface area contributed by atoms with Crippen molar-refractivity contribution in [3.63, 3.8) is 0 Å². The Labute approximate surface area is 179 Å². The zero-order chi connectivity index (χ0) is 21.5. The van der Waals surface area contributed by atoms with Crippen molar-refractivity contribution in [2.45, 2.75) is 26.7 Å². The first-order chi connectivity index (χ1) is 14.5. The number of aryl methyl sites for hydroxylation is 1. The quantitative estimate of drug-likeness (QED) is 0.359. The van der Waals surface area contributed by atoms with Crippen LogP contribution in [0.25, 0.3) is 17.0 Å². The van der Waals surface area contributed by atoms with Crippen molar-refractivity contribution >= 4 is 34.6 Å². The fourth-order valence-corrected chi connectivity index (χ4v) is 3.35. The average Bonchev–Trinajstić information content (AvgIpc) is 2.73. The van der Waals surface area contributed by atoms with Gasteiger partial charge >= 0.3 is 11.6 Å². The van der Waals surface area contributed by atoms with Crippen LogP contribution in [0.1, 0.15) is 30.0 Å². The molecule has 30 heavy (non-hydrogen) atoms. The van der Waals surface area contributed by atoms with Crippen molar-refractivity contribution in [2.24, 2.45) is 0 Å². The van der Waals surface area contributed by atoms with Crippen LogP contribution in [0.2, 0.25) is 5.02 Å². The second kappa shape index (κ2) is 10.1. The summed E-state index contributed by atoms with van der Waals surface area (Å²) in [5, 5.41) is 1.13. The van der Waals surface area contributed by atoms with Gasteiger partial charge in [-0.3, -0.25) is 4.79 Å². The van der Waals surface area contributed by atoms with Gasteiger partial charge in [-0.25, -0.2) is 4.79 Å². The Morgan fingerprint density at radius 2 is 1.97 bits per heavy atom. The Balaban J connectivity index is 1.78. The van der Waals surface area contributed by atoms with Gasteiger partial charge in [0.05, 0.1) is 11.6 Å². The van der Waals surface area contributed by atoms with Crippen molar-refractivity contribution in [3.05, 3.63) is 80.7 Å². The van der Waals surface area contributed by atoms with Crippen LogP contribution >= 0.6 is 11.6 Å². The fourth-order valence-electron chi connectivity index (χ4n) is 3.14. The topological polar surface area (TPSA) is 65.7 Å². The molecule has 1 aromatic heterocycles. The SMILES string of the molecule is CCOC(=O)CCc1c(C)c2cc(Cl)c(OC/C=C/c3ccccc3)cc2oc1=O. The highest BCUT2D eigenvalue weighted by Crippen LogP contribution is 2.32. The van der Waals surface area contributed by atoms with E-state index in [1.807, 2.05) is 49.4 Å². The van der Waals surface area contributed by atoms with Gasteiger partial charge in [0, 0.05) is 23.4 Å². The molecule has 0 aliphatic heterocycles. The standard InChI is InChI=1S/C24H23ClO5/c1-3-28-23(26)12-11-18-16(2)19-14-20(25)22(15-21(19)30-24(18)27)29-13-7-10-17-8-5-4-6-9-17/h4-10,14-15H,3,11-13H2,1-2H3/b10-7+. The molecule has 0 bridgehead atoms. The molecule has 1 heterocycles. The lowest BCUT2D eigenvalue weighted by Gasteiger charge is -2.11. The zero-order valence-corrected chi connectivity index (χ0v) is 17.7. The van der Waals surface area contributed by atoms with Gasteiger partial charge in [0.25, 0.3) is 0 Å². The van der Waals surface area contributed by atoms with Crippen LogP contribution in [-0.2, 0) is 16.0 Å². The van der Waals surface area contributed by atoms with E-state index in [2.05, 4.69) is 0 Å². The zero-order valence-electron chi connectivity index (χ0n) is 16.9. The molecule has 0 spiro atoms. The third kappa shape index (κ3) is 5.30. The highest BCUT2D eigenvalue weighted by atomic mass is 35.5. The van der Waals surface area contributed by atoms with Gasteiger partial charge in [-0.15, -0.1) is 0 Å². The molecule has 156 valence electrons. The summed E-state index contributed by atoms with van der Waals surface area (Å²) < 4.78 is 16.1. The molecular formula is C24H23ClO5. The number of rotatable bonds is 8. The molecule has 0 N–H and O–H groups in total. The van der Waals surface area contributed by atoms with Gasteiger partial charge in [-0.05, 0) is 43.5 Å². The van der Waals surface area contributed by atoms with Gasteiger partial charge in [-0.1, -0.05) is 48.0 Å². The molecule has 5 nitrogen and oxygen atoms in total. The molecule has 0 atom stereocenters. The van der Waals surface area contributed by atoms with Gasteiger partial charge in [0.2, 0.25) is 0 Å². The molecule has 2 aromatic carbocycles. The van der Waals surface area contributed by atoms with Gasteiger partial charge in [0.15, 0.2) is 0 Å². The van der Waals surface area contributed by atoms with E-state index in [1.54, 1.807) is 19.1 Å². The largest absolute Gasteiger partial charge is 0.488 e. The van der Waals surface area contributed by atoms with Gasteiger partial charge < -0.3 is 13.9 Å². The molecule has 0 amide bonds. The number of carbonyl (C=O) groups is 1. The summed E-state index contributed by atoms with van der Waals surface area (Å²) in [6.07, 6.45) is 4.21. The van der Waals surface area contributed by atoms with Crippen LogP contribution in [0.4, 0.5) is 0 Å². The Bertz CT molecular complexity index is 1120. The monoisotopic (exact) mass is 426 g/mol. The summed E-state index contributed by atoms with van der Waals surface area (Å²) in [6, 6.07) is 13.2. The molecule has 6 heteroatoms. The Morgan fingerprint density at radius 3 is 2.70 bits per heavy atom. The summed E-state index contributed by atoms with van der Waals surface area (Å²) in [4.78, 5) is 24.1. The maximum atomic E-state index is 12.4. The molecule has 0 saturated carbocycles. The van der Waals surface area contributed by atoms with Crippen molar-refractivity contribution in [2.75, 3.05) is 13.2 Å². The minimum Gasteiger partial charge on any atom is -0.488 e. The highest BCUT2D eigenvalue weighted by molar-refractivity contribution is 6.32. The number of carbonyl (C=O) groups excluding carboxylic acids is 1. The molecule has 0 aliphatic rings. The van der Waals surface area contributed by atoms with Crippen molar-refractivity contribution in [1.82, 2.24) is 0 Å².